The summed E-state index contributed by atoms with van der Waals surface area (Å²) in [5, 5.41) is 5.37. The molecule has 2 nitrogen and oxygen atoms in total. The van der Waals surface area contributed by atoms with E-state index in [4.69, 9.17) is 0 Å². The van der Waals surface area contributed by atoms with Crippen molar-refractivity contribution >= 4 is 32.6 Å². The molecule has 0 aliphatic rings. The van der Waals surface area contributed by atoms with Crippen LogP contribution >= 0.6 is 15.9 Å². The number of benzene rings is 4. The number of fused-ring (bicyclic) bond motifs is 1. The highest BCUT2D eigenvalue weighted by Gasteiger charge is 2.09. The molecule has 0 aliphatic heterocycles. The Hall–Kier alpha value is -2.91. The van der Waals surface area contributed by atoms with Gasteiger partial charge in [-0.1, -0.05) is 88.7 Å². The van der Waals surface area contributed by atoms with Crippen LogP contribution in [0.2, 0.25) is 0 Å². The van der Waals surface area contributed by atoms with E-state index in [1.54, 1.807) is 0 Å². The lowest BCUT2D eigenvalue weighted by Crippen LogP contribution is -2.25. The number of halogens is 1. The minimum Gasteiger partial charge on any atom is -0.352 e. The van der Waals surface area contributed by atoms with Gasteiger partial charge in [-0.15, -0.1) is 0 Å². The van der Waals surface area contributed by atoms with Crippen LogP contribution < -0.4 is 5.32 Å². The number of carbonyl (C=O) groups is 1. The highest BCUT2D eigenvalue weighted by atomic mass is 79.9. The van der Waals surface area contributed by atoms with Gasteiger partial charge in [-0.3, -0.25) is 4.79 Å². The molecule has 4 rings (SSSR count). The molecule has 0 heterocycles. The van der Waals surface area contributed by atoms with Gasteiger partial charge in [-0.05, 0) is 46.7 Å². The van der Waals surface area contributed by atoms with Crippen LogP contribution in [0.15, 0.2) is 95.5 Å². The molecule has 0 aliphatic carbocycles. The molecule has 28 heavy (non-hydrogen) atoms. The Morgan fingerprint density at radius 2 is 1.50 bits per heavy atom. The molecular formula is C25H20BrNO. The van der Waals surface area contributed by atoms with Crippen LogP contribution in [0.3, 0.4) is 0 Å². The highest BCUT2D eigenvalue weighted by Crippen LogP contribution is 2.33. The second-order valence-electron chi connectivity index (χ2n) is 6.71. The standard InChI is InChI=1S/C25H20BrNO/c26-23-11-5-9-20-8-4-10-22(24(20)23)19-12-14-21(15-13-19)25(28)27-17-16-18-6-2-1-3-7-18/h1-15H,16-17H2,(H,27,28). The van der Waals surface area contributed by atoms with Gasteiger partial charge in [0.15, 0.2) is 0 Å². The van der Waals surface area contributed by atoms with E-state index in [-0.39, 0.29) is 5.91 Å². The van der Waals surface area contributed by atoms with Gasteiger partial charge in [0, 0.05) is 22.0 Å². The van der Waals surface area contributed by atoms with Gasteiger partial charge < -0.3 is 5.32 Å². The van der Waals surface area contributed by atoms with Crippen molar-refractivity contribution in [2.75, 3.05) is 6.54 Å². The second-order valence-corrected chi connectivity index (χ2v) is 7.57. The summed E-state index contributed by atoms with van der Waals surface area (Å²) < 4.78 is 1.07. The van der Waals surface area contributed by atoms with E-state index >= 15 is 0 Å². The molecule has 0 fully saturated rings. The van der Waals surface area contributed by atoms with Gasteiger partial charge in [-0.2, -0.15) is 0 Å². The van der Waals surface area contributed by atoms with Crippen molar-refractivity contribution in [3.05, 3.63) is 107 Å². The molecule has 0 unspecified atom stereocenters. The summed E-state index contributed by atoms with van der Waals surface area (Å²) in [6, 6.07) is 30.5. The molecule has 138 valence electrons. The number of hydrogen-bond donors (Lipinski definition) is 1. The van der Waals surface area contributed by atoms with Crippen LogP contribution in [0.4, 0.5) is 0 Å². The second kappa shape index (κ2) is 8.41. The first kappa shape index (κ1) is 18.5. The Kier molecular flexibility index (Phi) is 5.54. The molecule has 3 heteroatoms. The van der Waals surface area contributed by atoms with Gasteiger partial charge in [-0.25, -0.2) is 0 Å². The molecule has 0 radical (unpaired) electrons. The summed E-state index contributed by atoms with van der Waals surface area (Å²) in [6.45, 7) is 0.626. The van der Waals surface area contributed by atoms with Crippen molar-refractivity contribution in [1.29, 1.82) is 0 Å². The molecule has 4 aromatic rings. The summed E-state index contributed by atoms with van der Waals surface area (Å²) in [5.74, 6) is -0.0402. The van der Waals surface area contributed by atoms with Crippen LogP contribution in [0.25, 0.3) is 21.9 Å². The summed E-state index contributed by atoms with van der Waals surface area (Å²) in [5.41, 5.74) is 4.15. The molecular weight excluding hydrogens is 410 g/mol. The van der Waals surface area contributed by atoms with Crippen LogP contribution in [0, 0.1) is 0 Å². The molecule has 0 bridgehead atoms. The SMILES string of the molecule is O=C(NCCc1ccccc1)c1ccc(-c2cccc3cccc(Br)c23)cc1. The lowest BCUT2D eigenvalue weighted by Gasteiger charge is -2.10. The predicted molar refractivity (Wildman–Crippen MR) is 120 cm³/mol. The van der Waals surface area contributed by atoms with E-state index in [1.165, 1.54) is 16.3 Å². The fourth-order valence-electron chi connectivity index (χ4n) is 3.40. The fraction of sp³-hybridized carbons (Fsp3) is 0.0800. The Morgan fingerprint density at radius 3 is 2.25 bits per heavy atom. The maximum absolute atomic E-state index is 12.4. The van der Waals surface area contributed by atoms with Crippen molar-refractivity contribution in [2.24, 2.45) is 0 Å². The Labute approximate surface area is 173 Å². The van der Waals surface area contributed by atoms with Crippen molar-refractivity contribution in [2.45, 2.75) is 6.42 Å². The van der Waals surface area contributed by atoms with Crippen molar-refractivity contribution in [1.82, 2.24) is 5.32 Å². The number of rotatable bonds is 5. The molecule has 4 aromatic carbocycles. The summed E-state index contributed by atoms with van der Waals surface area (Å²) >= 11 is 3.67. The minimum atomic E-state index is -0.0402. The minimum absolute atomic E-state index is 0.0402. The summed E-state index contributed by atoms with van der Waals surface area (Å²) in [4.78, 5) is 12.4. The first-order chi connectivity index (χ1) is 13.7. The number of carbonyl (C=O) groups excluding carboxylic acids is 1. The number of hydrogen-bond acceptors (Lipinski definition) is 1. The third-order valence-corrected chi connectivity index (χ3v) is 5.51. The Morgan fingerprint density at radius 1 is 0.786 bits per heavy atom. The van der Waals surface area contributed by atoms with Crippen LogP contribution in [0.1, 0.15) is 15.9 Å². The summed E-state index contributed by atoms with van der Waals surface area (Å²) in [7, 11) is 0. The third-order valence-electron chi connectivity index (χ3n) is 4.85. The lowest BCUT2D eigenvalue weighted by molar-refractivity contribution is 0.0954. The third kappa shape index (κ3) is 4.00. The molecule has 0 saturated heterocycles. The first-order valence-corrected chi connectivity index (χ1v) is 10.1. The van der Waals surface area contributed by atoms with Crippen molar-refractivity contribution in [3.8, 4) is 11.1 Å². The maximum atomic E-state index is 12.4. The zero-order valence-electron chi connectivity index (χ0n) is 15.4. The molecule has 1 amide bonds. The molecule has 0 atom stereocenters. The zero-order valence-corrected chi connectivity index (χ0v) is 16.9. The number of nitrogens with one attached hydrogen (secondary N) is 1. The van der Waals surface area contributed by atoms with E-state index in [0.717, 1.165) is 22.0 Å². The van der Waals surface area contributed by atoms with Gasteiger partial charge in [0.1, 0.15) is 0 Å². The molecule has 0 saturated carbocycles. The zero-order chi connectivity index (χ0) is 19.3. The number of amides is 1. The van der Waals surface area contributed by atoms with Gasteiger partial charge in [0.05, 0.1) is 0 Å². The van der Waals surface area contributed by atoms with Gasteiger partial charge >= 0.3 is 0 Å². The fourth-order valence-corrected chi connectivity index (χ4v) is 4.00. The highest BCUT2D eigenvalue weighted by molar-refractivity contribution is 9.10. The van der Waals surface area contributed by atoms with E-state index < -0.39 is 0 Å². The van der Waals surface area contributed by atoms with E-state index in [1.807, 2.05) is 48.5 Å². The van der Waals surface area contributed by atoms with Crippen molar-refractivity contribution < 1.29 is 4.79 Å². The van der Waals surface area contributed by atoms with Crippen LogP contribution in [0.5, 0.6) is 0 Å². The normalized spacial score (nSPS) is 10.8. The van der Waals surface area contributed by atoms with Gasteiger partial charge in [0.2, 0.25) is 0 Å². The Bertz CT molecular complexity index is 1100. The molecule has 0 spiro atoms. The van der Waals surface area contributed by atoms with E-state index in [9.17, 15) is 4.79 Å². The first-order valence-electron chi connectivity index (χ1n) is 9.32. The van der Waals surface area contributed by atoms with Crippen molar-refractivity contribution in [3.63, 3.8) is 0 Å². The van der Waals surface area contributed by atoms with Crippen LogP contribution in [-0.4, -0.2) is 12.5 Å². The monoisotopic (exact) mass is 429 g/mol. The van der Waals surface area contributed by atoms with E-state index in [0.29, 0.717) is 12.1 Å². The topological polar surface area (TPSA) is 29.1 Å². The largest absolute Gasteiger partial charge is 0.352 e. The predicted octanol–water partition coefficient (Wildman–Crippen LogP) is 6.24. The van der Waals surface area contributed by atoms with Gasteiger partial charge in [0.25, 0.3) is 5.91 Å². The van der Waals surface area contributed by atoms with E-state index in [2.05, 4.69) is 63.7 Å². The Balaban J connectivity index is 1.49. The quantitative estimate of drug-likeness (QED) is 0.399. The average Bonchev–Trinajstić information content (AvgIpc) is 2.74. The maximum Gasteiger partial charge on any atom is 0.251 e. The summed E-state index contributed by atoms with van der Waals surface area (Å²) in [6.07, 6.45) is 0.828. The smallest absolute Gasteiger partial charge is 0.251 e. The lowest BCUT2D eigenvalue weighted by atomic mass is 9.97. The molecule has 1 N–H and O–H groups in total. The average molecular weight is 430 g/mol. The van der Waals surface area contributed by atoms with Crippen LogP contribution in [-0.2, 0) is 6.42 Å². The molecule has 0 aromatic heterocycles.